The predicted molar refractivity (Wildman–Crippen MR) is 73.8 cm³/mol. The average molecular weight is 288 g/mol. The third kappa shape index (κ3) is 2.75. The van der Waals surface area contributed by atoms with E-state index in [-0.39, 0.29) is 24.0 Å². The van der Waals surface area contributed by atoms with Gasteiger partial charge in [0, 0.05) is 26.3 Å². The standard InChI is InChI=1S/C15H16N2O4/c1-20-9-13-7-14(16-21-13)15(19)17-5-4-10-2-3-12(18)6-11(10)8-17/h2-3,6-7,18H,4-5,8-9H2,1H3. The van der Waals surface area contributed by atoms with Crippen LogP contribution in [0, 0.1) is 0 Å². The maximum atomic E-state index is 12.4. The number of methoxy groups -OCH3 is 1. The zero-order valence-corrected chi connectivity index (χ0v) is 11.7. The normalized spacial score (nSPS) is 14.0. The van der Waals surface area contributed by atoms with E-state index in [4.69, 9.17) is 9.26 Å². The second-order valence-electron chi connectivity index (χ2n) is 5.04. The third-order valence-corrected chi connectivity index (χ3v) is 3.55. The lowest BCUT2D eigenvalue weighted by Crippen LogP contribution is -2.36. The molecule has 110 valence electrons. The zero-order valence-electron chi connectivity index (χ0n) is 11.7. The molecule has 0 saturated heterocycles. The molecule has 0 atom stereocenters. The summed E-state index contributed by atoms with van der Waals surface area (Å²) >= 11 is 0. The molecule has 0 fully saturated rings. The second kappa shape index (κ2) is 5.57. The average Bonchev–Trinajstić information content (AvgIpc) is 2.94. The number of benzene rings is 1. The molecule has 0 radical (unpaired) electrons. The van der Waals surface area contributed by atoms with Gasteiger partial charge in [-0.2, -0.15) is 0 Å². The monoisotopic (exact) mass is 288 g/mol. The fourth-order valence-corrected chi connectivity index (χ4v) is 2.50. The molecule has 1 aromatic heterocycles. The summed E-state index contributed by atoms with van der Waals surface area (Å²) in [6, 6.07) is 6.88. The van der Waals surface area contributed by atoms with E-state index in [9.17, 15) is 9.90 Å². The fourth-order valence-electron chi connectivity index (χ4n) is 2.50. The molecule has 0 unspecified atom stereocenters. The van der Waals surface area contributed by atoms with E-state index in [1.807, 2.05) is 6.07 Å². The number of phenols is 1. The predicted octanol–water partition coefficient (Wildman–Crippen LogP) is 1.73. The first-order valence-corrected chi connectivity index (χ1v) is 6.72. The third-order valence-electron chi connectivity index (χ3n) is 3.55. The molecule has 0 saturated carbocycles. The van der Waals surface area contributed by atoms with Crippen LogP contribution in [0.5, 0.6) is 5.75 Å². The van der Waals surface area contributed by atoms with E-state index in [0.29, 0.717) is 18.8 Å². The Hall–Kier alpha value is -2.34. The lowest BCUT2D eigenvalue weighted by molar-refractivity contribution is 0.0723. The van der Waals surface area contributed by atoms with Gasteiger partial charge in [0.25, 0.3) is 5.91 Å². The van der Waals surface area contributed by atoms with Crippen molar-refractivity contribution in [3.8, 4) is 5.75 Å². The van der Waals surface area contributed by atoms with Gasteiger partial charge in [-0.25, -0.2) is 0 Å². The van der Waals surface area contributed by atoms with Gasteiger partial charge in [-0.3, -0.25) is 4.79 Å². The summed E-state index contributed by atoms with van der Waals surface area (Å²) in [4.78, 5) is 14.1. The van der Waals surface area contributed by atoms with Gasteiger partial charge >= 0.3 is 0 Å². The number of hydrogen-bond acceptors (Lipinski definition) is 5. The Morgan fingerprint density at radius 1 is 1.43 bits per heavy atom. The van der Waals surface area contributed by atoms with Crippen molar-refractivity contribution in [1.82, 2.24) is 10.1 Å². The van der Waals surface area contributed by atoms with Crippen LogP contribution in [-0.4, -0.2) is 34.7 Å². The lowest BCUT2D eigenvalue weighted by Gasteiger charge is -2.28. The summed E-state index contributed by atoms with van der Waals surface area (Å²) < 4.78 is 9.98. The molecule has 2 aromatic rings. The molecule has 0 aliphatic carbocycles. The van der Waals surface area contributed by atoms with Crippen molar-refractivity contribution in [2.75, 3.05) is 13.7 Å². The van der Waals surface area contributed by atoms with Gasteiger partial charge in [-0.1, -0.05) is 11.2 Å². The summed E-state index contributed by atoms with van der Waals surface area (Å²) in [5.74, 6) is 0.567. The van der Waals surface area contributed by atoms with Gasteiger partial charge in [-0.15, -0.1) is 0 Å². The number of carbonyl (C=O) groups excluding carboxylic acids is 1. The Morgan fingerprint density at radius 3 is 3.10 bits per heavy atom. The Labute approximate surface area is 121 Å². The molecule has 1 aliphatic rings. The van der Waals surface area contributed by atoms with E-state index in [1.165, 1.54) is 0 Å². The second-order valence-corrected chi connectivity index (χ2v) is 5.04. The van der Waals surface area contributed by atoms with Crippen LogP contribution in [-0.2, 0) is 24.3 Å². The number of amides is 1. The minimum Gasteiger partial charge on any atom is -0.508 e. The van der Waals surface area contributed by atoms with Crippen LogP contribution in [0.15, 0.2) is 28.8 Å². The van der Waals surface area contributed by atoms with Crippen molar-refractivity contribution in [3.63, 3.8) is 0 Å². The quantitative estimate of drug-likeness (QED) is 0.930. The fraction of sp³-hybridized carbons (Fsp3) is 0.333. The van der Waals surface area contributed by atoms with Gasteiger partial charge in [0.05, 0.1) is 0 Å². The van der Waals surface area contributed by atoms with Crippen molar-refractivity contribution < 1.29 is 19.2 Å². The van der Waals surface area contributed by atoms with Gasteiger partial charge in [0.15, 0.2) is 11.5 Å². The highest BCUT2D eigenvalue weighted by Gasteiger charge is 2.24. The molecular weight excluding hydrogens is 272 g/mol. The minimum absolute atomic E-state index is 0.171. The highest BCUT2D eigenvalue weighted by Crippen LogP contribution is 2.24. The summed E-state index contributed by atoms with van der Waals surface area (Å²) in [6.07, 6.45) is 0.768. The number of aromatic nitrogens is 1. The molecule has 0 bridgehead atoms. The number of carbonyl (C=O) groups is 1. The molecule has 6 heteroatoms. The summed E-state index contributed by atoms with van der Waals surface area (Å²) in [5.41, 5.74) is 2.41. The molecule has 1 aromatic carbocycles. The van der Waals surface area contributed by atoms with Crippen LogP contribution < -0.4 is 0 Å². The first kappa shape index (κ1) is 13.6. The van der Waals surface area contributed by atoms with Crippen LogP contribution in [0.2, 0.25) is 0 Å². The van der Waals surface area contributed by atoms with Crippen LogP contribution in [0.3, 0.4) is 0 Å². The first-order chi connectivity index (χ1) is 10.2. The van der Waals surface area contributed by atoms with E-state index in [2.05, 4.69) is 5.16 Å². The highest BCUT2D eigenvalue weighted by atomic mass is 16.5. The van der Waals surface area contributed by atoms with Crippen LogP contribution in [0.4, 0.5) is 0 Å². The number of aromatic hydroxyl groups is 1. The first-order valence-electron chi connectivity index (χ1n) is 6.72. The largest absolute Gasteiger partial charge is 0.508 e. The molecule has 1 aliphatic heterocycles. The number of rotatable bonds is 3. The van der Waals surface area contributed by atoms with Crippen molar-refractivity contribution >= 4 is 5.91 Å². The summed E-state index contributed by atoms with van der Waals surface area (Å²) in [7, 11) is 1.55. The molecule has 6 nitrogen and oxygen atoms in total. The SMILES string of the molecule is COCc1cc(C(=O)N2CCc3ccc(O)cc3C2)no1. The lowest BCUT2D eigenvalue weighted by atomic mass is 9.99. The molecule has 0 spiro atoms. The van der Waals surface area contributed by atoms with Gasteiger partial charge in [0.1, 0.15) is 12.4 Å². The number of fused-ring (bicyclic) bond motifs is 1. The highest BCUT2D eigenvalue weighted by molar-refractivity contribution is 5.92. The Bertz CT molecular complexity index is 665. The van der Waals surface area contributed by atoms with Crippen molar-refractivity contribution in [3.05, 3.63) is 46.8 Å². The Balaban J connectivity index is 1.76. The molecule has 1 amide bonds. The molecule has 1 N–H and O–H groups in total. The maximum absolute atomic E-state index is 12.4. The Morgan fingerprint density at radius 2 is 2.29 bits per heavy atom. The van der Waals surface area contributed by atoms with Crippen molar-refractivity contribution in [2.24, 2.45) is 0 Å². The Kier molecular flexibility index (Phi) is 3.62. The maximum Gasteiger partial charge on any atom is 0.276 e. The number of nitrogens with zero attached hydrogens (tertiary/aromatic N) is 2. The number of hydrogen-bond donors (Lipinski definition) is 1. The van der Waals surface area contributed by atoms with Crippen LogP contribution in [0.25, 0.3) is 0 Å². The van der Waals surface area contributed by atoms with Gasteiger partial charge < -0.3 is 19.3 Å². The van der Waals surface area contributed by atoms with E-state index >= 15 is 0 Å². The van der Waals surface area contributed by atoms with E-state index in [0.717, 1.165) is 17.5 Å². The molecule has 21 heavy (non-hydrogen) atoms. The summed E-state index contributed by atoms with van der Waals surface area (Å²) in [6.45, 7) is 1.38. The van der Waals surface area contributed by atoms with Crippen molar-refractivity contribution in [1.29, 1.82) is 0 Å². The molecule has 2 heterocycles. The smallest absolute Gasteiger partial charge is 0.276 e. The van der Waals surface area contributed by atoms with Crippen LogP contribution in [0.1, 0.15) is 27.4 Å². The topological polar surface area (TPSA) is 75.8 Å². The number of phenolic OH excluding ortho intramolecular Hbond substituents is 1. The molecule has 3 rings (SSSR count). The summed E-state index contributed by atoms with van der Waals surface area (Å²) in [5, 5.41) is 13.3. The van der Waals surface area contributed by atoms with E-state index in [1.54, 1.807) is 30.2 Å². The number of ether oxygens (including phenoxy) is 1. The molecular formula is C15H16N2O4. The van der Waals surface area contributed by atoms with E-state index < -0.39 is 0 Å². The van der Waals surface area contributed by atoms with Crippen molar-refractivity contribution in [2.45, 2.75) is 19.6 Å². The zero-order chi connectivity index (χ0) is 14.8. The van der Waals surface area contributed by atoms with Gasteiger partial charge in [-0.05, 0) is 29.7 Å². The van der Waals surface area contributed by atoms with Gasteiger partial charge in [0.2, 0.25) is 0 Å². The minimum atomic E-state index is -0.171. The van der Waals surface area contributed by atoms with Crippen LogP contribution >= 0.6 is 0 Å².